The van der Waals surface area contributed by atoms with Crippen LogP contribution in [0.5, 0.6) is 5.75 Å². The Morgan fingerprint density at radius 1 is 0.854 bits per heavy atom. The molecule has 2 amide bonds. The fraction of sp³-hybridized carbons (Fsp3) is 0.278. The lowest BCUT2D eigenvalue weighted by Crippen LogP contribution is -2.48. The second-order valence-corrected chi connectivity index (χ2v) is 13.4. The first-order valence-corrected chi connectivity index (χ1v) is 17.2. The minimum Gasteiger partial charge on any atom is -0.497 e. The van der Waals surface area contributed by atoms with E-state index in [0.29, 0.717) is 24.3 Å². The number of anilines is 1. The molecule has 0 aromatic heterocycles. The Kier molecular flexibility index (Phi) is 12.7. The van der Waals surface area contributed by atoms with Crippen LogP contribution in [0.25, 0.3) is 0 Å². The van der Waals surface area contributed by atoms with Gasteiger partial charge in [0.1, 0.15) is 11.6 Å². The van der Waals surface area contributed by atoms with Crippen molar-refractivity contribution >= 4 is 27.5 Å². The van der Waals surface area contributed by atoms with Gasteiger partial charge in [-0.25, -0.2) is 12.8 Å². The van der Waals surface area contributed by atoms with Crippen LogP contribution >= 0.6 is 0 Å². The van der Waals surface area contributed by atoms with Gasteiger partial charge in [-0.1, -0.05) is 54.6 Å². The van der Waals surface area contributed by atoms with Gasteiger partial charge in [-0.3, -0.25) is 14.3 Å². The number of carbonyl (C=O) groups is 2. The lowest BCUT2D eigenvalue weighted by molar-refractivity contribution is 0.0830. The Morgan fingerprint density at radius 2 is 1.50 bits per heavy atom. The molecule has 12 heteroatoms. The molecule has 0 aliphatic rings. The number of sulfonamides is 1. The molecule has 0 saturated heterocycles. The van der Waals surface area contributed by atoms with E-state index in [1.165, 1.54) is 37.3 Å². The van der Waals surface area contributed by atoms with Crippen molar-refractivity contribution in [3.8, 4) is 5.75 Å². The van der Waals surface area contributed by atoms with Crippen LogP contribution in [0.4, 0.5) is 10.1 Å². The first kappa shape index (κ1) is 36.1. The highest BCUT2D eigenvalue weighted by Gasteiger charge is 2.24. The largest absolute Gasteiger partial charge is 0.497 e. The quantitative estimate of drug-likeness (QED) is 0.117. The van der Waals surface area contributed by atoms with Crippen molar-refractivity contribution in [2.45, 2.75) is 45.0 Å². The fourth-order valence-electron chi connectivity index (χ4n) is 5.01. The van der Waals surface area contributed by atoms with E-state index < -0.39 is 45.8 Å². The van der Waals surface area contributed by atoms with Gasteiger partial charge in [-0.05, 0) is 79.4 Å². The molecule has 254 valence electrons. The van der Waals surface area contributed by atoms with Gasteiger partial charge in [0.2, 0.25) is 10.0 Å². The number of halogens is 1. The van der Waals surface area contributed by atoms with Gasteiger partial charge in [-0.2, -0.15) is 0 Å². The van der Waals surface area contributed by atoms with Gasteiger partial charge in [0.15, 0.2) is 0 Å². The number of aliphatic hydroxyl groups is 1. The van der Waals surface area contributed by atoms with Crippen molar-refractivity contribution in [2.24, 2.45) is 0 Å². The number of ether oxygens (including phenoxy) is 1. The van der Waals surface area contributed by atoms with Crippen LogP contribution in [0.15, 0.2) is 97.1 Å². The number of hydrogen-bond donors (Lipinski definition) is 5. The molecule has 10 nitrogen and oxygen atoms in total. The van der Waals surface area contributed by atoms with Gasteiger partial charge in [0.05, 0.1) is 36.7 Å². The van der Waals surface area contributed by atoms with Gasteiger partial charge in [-0.15, -0.1) is 0 Å². The van der Waals surface area contributed by atoms with Crippen LogP contribution < -0.4 is 25.4 Å². The molecule has 0 saturated carbocycles. The zero-order chi connectivity index (χ0) is 34.7. The summed E-state index contributed by atoms with van der Waals surface area (Å²) < 4.78 is 46.0. The number of rotatable bonds is 16. The fourth-order valence-corrected chi connectivity index (χ4v) is 5.63. The van der Waals surface area contributed by atoms with E-state index >= 15 is 0 Å². The summed E-state index contributed by atoms with van der Waals surface area (Å²) in [6, 6.07) is 25.4. The van der Waals surface area contributed by atoms with Gasteiger partial charge < -0.3 is 25.8 Å². The smallest absolute Gasteiger partial charge is 0.251 e. The highest BCUT2D eigenvalue weighted by molar-refractivity contribution is 7.92. The van der Waals surface area contributed by atoms with Crippen molar-refractivity contribution in [3.63, 3.8) is 0 Å². The number of benzene rings is 4. The van der Waals surface area contributed by atoms with Crippen LogP contribution in [0.3, 0.4) is 0 Å². The maximum absolute atomic E-state index is 13.8. The summed E-state index contributed by atoms with van der Waals surface area (Å²) in [6.45, 7) is 3.80. The van der Waals surface area contributed by atoms with Crippen LogP contribution in [0.2, 0.25) is 0 Å². The van der Waals surface area contributed by atoms with Gasteiger partial charge >= 0.3 is 0 Å². The molecule has 4 rings (SSSR count). The predicted molar refractivity (Wildman–Crippen MR) is 184 cm³/mol. The van der Waals surface area contributed by atoms with Gasteiger partial charge in [0, 0.05) is 24.2 Å². The summed E-state index contributed by atoms with van der Waals surface area (Å²) in [5.74, 6) is -1.10. The third-order valence-electron chi connectivity index (χ3n) is 7.72. The molecule has 0 aliphatic carbocycles. The number of methoxy groups -OCH3 is 1. The average Bonchev–Trinajstić information content (AvgIpc) is 3.08. The molecular formula is C36H41FN4O6S. The summed E-state index contributed by atoms with van der Waals surface area (Å²) in [4.78, 5) is 27.1. The second-order valence-electron chi connectivity index (χ2n) is 11.4. The number of hydrogen-bond acceptors (Lipinski definition) is 7. The maximum atomic E-state index is 13.8. The number of amides is 2. The standard InChI is InChI=1S/C36H41FN4O6S/c1-4-48(45,46)41-31-20-28(35(43)39-24(2)27-13-15-30(37)16-14-27)19-29(21-31)36(44)40-33(18-25-9-6-5-7-10-25)34(42)23-38-22-26-11-8-12-32(17-26)47-3/h5-17,19-21,24,33-34,38,41-42H,4,18,22-23H2,1-3H3,(H,39,43)(H,40,44)/t24?,33-,34+/m0/s1. The molecule has 48 heavy (non-hydrogen) atoms. The van der Waals surface area contributed by atoms with E-state index in [1.807, 2.05) is 54.6 Å². The van der Waals surface area contributed by atoms with Crippen LogP contribution in [-0.4, -0.2) is 56.9 Å². The monoisotopic (exact) mass is 676 g/mol. The molecule has 0 bridgehead atoms. The zero-order valence-electron chi connectivity index (χ0n) is 27.1. The minimum absolute atomic E-state index is 0.0143. The van der Waals surface area contributed by atoms with Gasteiger partial charge in [0.25, 0.3) is 11.8 Å². The van der Waals surface area contributed by atoms with E-state index in [4.69, 9.17) is 4.74 Å². The normalized spacial score (nSPS) is 13.2. The molecule has 0 radical (unpaired) electrons. The Morgan fingerprint density at radius 3 is 2.15 bits per heavy atom. The molecular weight excluding hydrogens is 635 g/mol. The Bertz CT molecular complexity index is 1790. The van der Waals surface area contributed by atoms with E-state index in [-0.39, 0.29) is 29.1 Å². The Labute approximate surface area is 280 Å². The zero-order valence-corrected chi connectivity index (χ0v) is 27.9. The van der Waals surface area contributed by atoms with E-state index in [0.717, 1.165) is 11.1 Å². The van der Waals surface area contributed by atoms with Crippen LogP contribution in [0, 0.1) is 5.82 Å². The highest BCUT2D eigenvalue weighted by atomic mass is 32.2. The molecule has 3 atom stereocenters. The van der Waals surface area contributed by atoms with Crippen LogP contribution in [0.1, 0.15) is 57.3 Å². The van der Waals surface area contributed by atoms with Crippen molar-refractivity contribution in [3.05, 3.63) is 131 Å². The minimum atomic E-state index is -3.75. The lowest BCUT2D eigenvalue weighted by Gasteiger charge is -2.25. The summed E-state index contributed by atoms with van der Waals surface area (Å²) in [5.41, 5.74) is 2.57. The molecule has 0 heterocycles. The topological polar surface area (TPSA) is 146 Å². The third kappa shape index (κ3) is 10.6. The lowest BCUT2D eigenvalue weighted by atomic mass is 10.00. The SMILES string of the molecule is CCS(=O)(=O)Nc1cc(C(=O)NC(C)c2ccc(F)cc2)cc(C(=O)N[C@@H](Cc2ccccc2)[C@H](O)CNCc2cccc(OC)c2)c1. The molecule has 4 aromatic rings. The molecule has 0 fully saturated rings. The summed E-state index contributed by atoms with van der Waals surface area (Å²) >= 11 is 0. The van der Waals surface area contributed by atoms with Crippen molar-refractivity contribution in [1.82, 2.24) is 16.0 Å². The van der Waals surface area contributed by atoms with Crippen LogP contribution in [-0.2, 0) is 23.0 Å². The predicted octanol–water partition coefficient (Wildman–Crippen LogP) is 4.58. The van der Waals surface area contributed by atoms with E-state index in [2.05, 4.69) is 20.7 Å². The van der Waals surface area contributed by atoms with E-state index in [1.54, 1.807) is 26.2 Å². The van der Waals surface area contributed by atoms with Crippen molar-refractivity contribution < 1.29 is 32.2 Å². The number of aliphatic hydroxyl groups excluding tert-OH is 1. The van der Waals surface area contributed by atoms with Crippen molar-refractivity contribution in [2.75, 3.05) is 24.1 Å². The summed E-state index contributed by atoms with van der Waals surface area (Å²) in [6.07, 6.45) is -0.708. The molecule has 0 spiro atoms. The first-order valence-electron chi connectivity index (χ1n) is 15.5. The highest BCUT2D eigenvalue weighted by Crippen LogP contribution is 2.20. The third-order valence-corrected chi connectivity index (χ3v) is 9.03. The number of nitrogens with one attached hydrogen (secondary N) is 4. The molecule has 0 aliphatic heterocycles. The average molecular weight is 677 g/mol. The van der Waals surface area contributed by atoms with E-state index in [9.17, 15) is 27.5 Å². The Balaban J connectivity index is 1.56. The summed E-state index contributed by atoms with van der Waals surface area (Å²) in [7, 11) is -2.16. The molecule has 5 N–H and O–H groups in total. The summed E-state index contributed by atoms with van der Waals surface area (Å²) in [5, 5.41) is 20.2. The van der Waals surface area contributed by atoms with Crippen molar-refractivity contribution in [1.29, 1.82) is 0 Å². The maximum Gasteiger partial charge on any atom is 0.251 e. The first-order chi connectivity index (χ1) is 23.0. The number of carbonyl (C=O) groups excluding carboxylic acids is 2. The second kappa shape index (κ2) is 16.9. The molecule has 4 aromatic carbocycles. The molecule has 1 unspecified atom stereocenters. The Hall–Kier alpha value is -4.78.